The number of hydrazine groups is 1. The molecule has 0 saturated carbocycles. The van der Waals surface area contributed by atoms with E-state index >= 15 is 0 Å². The van der Waals surface area contributed by atoms with E-state index in [2.05, 4.69) is 12.0 Å². The zero-order chi connectivity index (χ0) is 10.4. The first kappa shape index (κ1) is 10.3. The Morgan fingerprint density at radius 1 is 1.57 bits per heavy atom. The van der Waals surface area contributed by atoms with Crippen LogP contribution >= 0.6 is 0 Å². The van der Waals surface area contributed by atoms with Gasteiger partial charge >= 0.3 is 0 Å². The van der Waals surface area contributed by atoms with Crippen LogP contribution in [0.5, 0.6) is 5.75 Å². The second-order valence-electron chi connectivity index (χ2n) is 2.57. The van der Waals surface area contributed by atoms with Crippen molar-refractivity contribution in [3.63, 3.8) is 0 Å². The summed E-state index contributed by atoms with van der Waals surface area (Å²) >= 11 is 0. The molecular formula is C10H12N2O2. The Morgan fingerprint density at radius 3 is 2.93 bits per heavy atom. The van der Waals surface area contributed by atoms with E-state index in [4.69, 9.17) is 10.6 Å². The van der Waals surface area contributed by atoms with E-state index in [1.165, 1.54) is 0 Å². The quantitative estimate of drug-likeness (QED) is 0.322. The second-order valence-corrected chi connectivity index (χ2v) is 2.57. The zero-order valence-electron chi connectivity index (χ0n) is 7.69. The fraction of sp³-hybridized carbons (Fsp3) is 0.100. The summed E-state index contributed by atoms with van der Waals surface area (Å²) in [5.41, 5.74) is 2.47. The second kappa shape index (κ2) is 5.04. The topological polar surface area (TPSA) is 64.3 Å². The Bertz CT molecular complexity index is 337. The minimum atomic E-state index is -0.371. The third-order valence-corrected chi connectivity index (χ3v) is 1.62. The summed E-state index contributed by atoms with van der Waals surface area (Å²) in [4.78, 5) is 11.3. The molecule has 4 nitrogen and oxygen atoms in total. The molecule has 0 aliphatic carbocycles. The van der Waals surface area contributed by atoms with Crippen LogP contribution in [0.25, 0.3) is 0 Å². The Morgan fingerprint density at radius 2 is 2.29 bits per heavy atom. The van der Waals surface area contributed by atoms with Gasteiger partial charge in [0.2, 0.25) is 0 Å². The lowest BCUT2D eigenvalue weighted by Gasteiger charge is -2.07. The van der Waals surface area contributed by atoms with Gasteiger partial charge in [0.25, 0.3) is 5.91 Å². The van der Waals surface area contributed by atoms with Crippen LogP contribution < -0.4 is 16.0 Å². The smallest absolute Gasteiger partial charge is 0.268 e. The normalized spacial score (nSPS) is 9.21. The van der Waals surface area contributed by atoms with E-state index in [1.54, 1.807) is 30.3 Å². The number of amides is 1. The van der Waals surface area contributed by atoms with Crippen LogP contribution in [-0.4, -0.2) is 12.5 Å². The maximum absolute atomic E-state index is 11.3. The summed E-state index contributed by atoms with van der Waals surface area (Å²) in [6.45, 7) is 3.88. The first-order valence-electron chi connectivity index (χ1n) is 4.13. The third kappa shape index (κ3) is 2.34. The van der Waals surface area contributed by atoms with Crippen molar-refractivity contribution in [1.82, 2.24) is 5.43 Å². The summed E-state index contributed by atoms with van der Waals surface area (Å²) in [7, 11) is 0. The summed E-state index contributed by atoms with van der Waals surface area (Å²) in [6, 6.07) is 6.87. The molecule has 74 valence electrons. The lowest BCUT2D eigenvalue weighted by atomic mass is 10.2. The van der Waals surface area contributed by atoms with Crippen LogP contribution in [0.3, 0.4) is 0 Å². The molecule has 14 heavy (non-hydrogen) atoms. The average molecular weight is 192 g/mol. The predicted molar refractivity (Wildman–Crippen MR) is 53.8 cm³/mol. The fourth-order valence-corrected chi connectivity index (χ4v) is 1.01. The van der Waals surface area contributed by atoms with Crippen molar-refractivity contribution >= 4 is 5.91 Å². The van der Waals surface area contributed by atoms with E-state index in [9.17, 15) is 4.79 Å². The highest BCUT2D eigenvalue weighted by atomic mass is 16.5. The number of para-hydroxylation sites is 1. The maximum Gasteiger partial charge on any atom is 0.268 e. The van der Waals surface area contributed by atoms with Crippen LogP contribution in [0, 0.1) is 0 Å². The minimum absolute atomic E-state index is 0.356. The van der Waals surface area contributed by atoms with Crippen molar-refractivity contribution in [2.24, 2.45) is 5.84 Å². The number of carbonyl (C=O) groups is 1. The predicted octanol–water partition coefficient (Wildman–Crippen LogP) is 0.855. The molecule has 0 spiro atoms. The Labute approximate surface area is 82.3 Å². The maximum atomic E-state index is 11.3. The molecule has 1 amide bonds. The number of nitrogens with one attached hydrogen (secondary N) is 1. The van der Waals surface area contributed by atoms with Gasteiger partial charge in [-0.25, -0.2) is 5.84 Å². The number of nitrogen functional groups attached to an aromatic ring is 1. The first-order valence-corrected chi connectivity index (χ1v) is 4.13. The van der Waals surface area contributed by atoms with E-state index in [0.29, 0.717) is 17.9 Å². The van der Waals surface area contributed by atoms with Gasteiger partial charge in [-0.2, -0.15) is 0 Å². The lowest BCUT2D eigenvalue weighted by Crippen LogP contribution is -2.30. The molecule has 3 N–H and O–H groups in total. The monoisotopic (exact) mass is 192 g/mol. The highest BCUT2D eigenvalue weighted by Crippen LogP contribution is 2.17. The Balaban J connectivity index is 2.90. The number of ether oxygens (including phenoxy) is 1. The summed E-state index contributed by atoms with van der Waals surface area (Å²) in [6.07, 6.45) is 1.61. The molecule has 0 radical (unpaired) electrons. The highest BCUT2D eigenvalue weighted by Gasteiger charge is 2.09. The van der Waals surface area contributed by atoms with Gasteiger partial charge in [-0.1, -0.05) is 24.8 Å². The molecule has 0 unspecified atom stereocenters. The van der Waals surface area contributed by atoms with Crippen molar-refractivity contribution in [3.05, 3.63) is 42.5 Å². The van der Waals surface area contributed by atoms with Gasteiger partial charge < -0.3 is 4.74 Å². The number of rotatable bonds is 4. The summed E-state index contributed by atoms with van der Waals surface area (Å²) < 4.78 is 5.27. The zero-order valence-corrected chi connectivity index (χ0v) is 7.69. The van der Waals surface area contributed by atoms with Gasteiger partial charge in [0.05, 0.1) is 5.56 Å². The van der Waals surface area contributed by atoms with Crippen LogP contribution in [0.2, 0.25) is 0 Å². The van der Waals surface area contributed by atoms with Crippen molar-refractivity contribution in [2.75, 3.05) is 6.61 Å². The summed E-state index contributed by atoms with van der Waals surface area (Å²) in [5.74, 6) is 5.15. The number of hydrogen-bond acceptors (Lipinski definition) is 3. The van der Waals surface area contributed by atoms with E-state index in [1.807, 2.05) is 0 Å². The van der Waals surface area contributed by atoms with Crippen molar-refractivity contribution in [1.29, 1.82) is 0 Å². The molecule has 1 aromatic carbocycles. The minimum Gasteiger partial charge on any atom is -0.489 e. The Hall–Kier alpha value is -1.81. The fourth-order valence-electron chi connectivity index (χ4n) is 1.01. The number of benzene rings is 1. The van der Waals surface area contributed by atoms with Gasteiger partial charge in [-0.05, 0) is 12.1 Å². The summed E-state index contributed by atoms with van der Waals surface area (Å²) in [5, 5.41) is 0. The van der Waals surface area contributed by atoms with Gasteiger partial charge in [0, 0.05) is 0 Å². The van der Waals surface area contributed by atoms with Crippen molar-refractivity contribution in [2.45, 2.75) is 0 Å². The number of hydrogen-bond donors (Lipinski definition) is 2. The average Bonchev–Trinajstić information content (AvgIpc) is 2.25. The molecule has 4 heteroatoms. The molecule has 0 saturated heterocycles. The van der Waals surface area contributed by atoms with Crippen LogP contribution in [0.4, 0.5) is 0 Å². The van der Waals surface area contributed by atoms with Crippen molar-refractivity contribution in [3.8, 4) is 5.75 Å². The highest BCUT2D eigenvalue weighted by molar-refractivity contribution is 5.96. The van der Waals surface area contributed by atoms with E-state index in [-0.39, 0.29) is 5.91 Å². The molecule has 0 aromatic heterocycles. The van der Waals surface area contributed by atoms with Crippen LogP contribution in [-0.2, 0) is 0 Å². The Kier molecular flexibility index (Phi) is 3.69. The molecule has 0 aliphatic heterocycles. The first-order chi connectivity index (χ1) is 6.79. The van der Waals surface area contributed by atoms with Gasteiger partial charge in [0.1, 0.15) is 12.4 Å². The number of nitrogens with two attached hydrogens (primary N) is 1. The number of carbonyl (C=O) groups excluding carboxylic acids is 1. The van der Waals surface area contributed by atoms with Gasteiger partial charge in [0.15, 0.2) is 0 Å². The molecule has 0 atom stereocenters. The largest absolute Gasteiger partial charge is 0.489 e. The van der Waals surface area contributed by atoms with Crippen molar-refractivity contribution < 1.29 is 9.53 Å². The standard InChI is InChI=1S/C10H12N2O2/c1-2-7-14-9-6-4-3-5-8(9)10(13)12-11/h2-6H,1,7,11H2,(H,12,13). The molecule has 0 fully saturated rings. The molecular weight excluding hydrogens is 180 g/mol. The van der Waals surface area contributed by atoms with Gasteiger partial charge in [-0.3, -0.25) is 10.2 Å². The molecule has 0 bridgehead atoms. The van der Waals surface area contributed by atoms with E-state index in [0.717, 1.165) is 0 Å². The third-order valence-electron chi connectivity index (χ3n) is 1.62. The van der Waals surface area contributed by atoms with E-state index < -0.39 is 0 Å². The molecule has 1 rings (SSSR count). The van der Waals surface area contributed by atoms with Crippen LogP contribution in [0.15, 0.2) is 36.9 Å². The van der Waals surface area contributed by atoms with Crippen LogP contribution in [0.1, 0.15) is 10.4 Å². The van der Waals surface area contributed by atoms with Gasteiger partial charge in [-0.15, -0.1) is 0 Å². The molecule has 0 aliphatic rings. The SMILES string of the molecule is C=CCOc1ccccc1C(=O)NN. The lowest BCUT2D eigenvalue weighted by molar-refractivity contribution is 0.0950. The molecule has 1 aromatic rings. The molecule has 0 heterocycles.